The van der Waals surface area contributed by atoms with Crippen molar-refractivity contribution in [1.82, 2.24) is 9.97 Å². The number of nitrogen functional groups attached to an aromatic ring is 1. The summed E-state index contributed by atoms with van der Waals surface area (Å²) in [5.74, 6) is 1.02. The van der Waals surface area contributed by atoms with Crippen LogP contribution in [0.25, 0.3) is 11.0 Å². The molecule has 1 amide bonds. The fourth-order valence-corrected chi connectivity index (χ4v) is 2.28. The average Bonchev–Trinajstić information content (AvgIpc) is 2.47. The van der Waals surface area contributed by atoms with Gasteiger partial charge in [0.1, 0.15) is 11.6 Å². The van der Waals surface area contributed by atoms with E-state index >= 15 is 0 Å². The second kappa shape index (κ2) is 7.02. The molecule has 3 N–H and O–H groups in total. The molecule has 2 heterocycles. The smallest absolute Gasteiger partial charge is 0.228 e. The van der Waals surface area contributed by atoms with Crippen LogP contribution in [-0.4, -0.2) is 15.9 Å². The average molecular weight is 286 g/mol. The lowest BCUT2D eigenvalue weighted by Gasteiger charge is -2.14. The predicted octanol–water partition coefficient (Wildman–Crippen LogP) is 3.37. The molecule has 0 spiro atoms. The van der Waals surface area contributed by atoms with Crippen LogP contribution in [0, 0.1) is 5.92 Å². The summed E-state index contributed by atoms with van der Waals surface area (Å²) < 4.78 is 0. The van der Waals surface area contributed by atoms with Crippen molar-refractivity contribution in [1.29, 1.82) is 0 Å². The largest absolute Gasteiger partial charge is 0.384 e. The van der Waals surface area contributed by atoms with E-state index in [-0.39, 0.29) is 11.8 Å². The number of nitrogens with two attached hydrogens (primary N) is 1. The highest BCUT2D eigenvalue weighted by molar-refractivity contribution is 5.92. The van der Waals surface area contributed by atoms with Crippen LogP contribution in [0.5, 0.6) is 0 Å². The SMILES string of the molecule is CCCCC(CC)C(=O)Nc1ccc2ccc(N)nc2n1. The van der Waals surface area contributed by atoms with Gasteiger partial charge in [-0.05, 0) is 37.1 Å². The first-order valence-corrected chi connectivity index (χ1v) is 7.48. The summed E-state index contributed by atoms with van der Waals surface area (Å²) in [4.78, 5) is 20.8. The van der Waals surface area contributed by atoms with Crippen molar-refractivity contribution in [3.05, 3.63) is 24.3 Å². The summed E-state index contributed by atoms with van der Waals surface area (Å²) in [6.45, 7) is 4.17. The minimum atomic E-state index is 0.0294. The highest BCUT2D eigenvalue weighted by Gasteiger charge is 2.16. The number of nitrogens with zero attached hydrogens (tertiary/aromatic N) is 2. The Balaban J connectivity index is 2.13. The molecule has 2 aromatic heterocycles. The van der Waals surface area contributed by atoms with E-state index in [1.165, 1.54) is 0 Å². The second-order valence-corrected chi connectivity index (χ2v) is 5.22. The van der Waals surface area contributed by atoms with Gasteiger partial charge in [0.05, 0.1) is 0 Å². The highest BCUT2D eigenvalue weighted by Crippen LogP contribution is 2.18. The molecule has 2 rings (SSSR count). The molecule has 0 aromatic carbocycles. The molecule has 0 aliphatic heterocycles. The van der Waals surface area contributed by atoms with Gasteiger partial charge in [-0.3, -0.25) is 4.79 Å². The van der Waals surface area contributed by atoms with Crippen LogP contribution in [0.15, 0.2) is 24.3 Å². The van der Waals surface area contributed by atoms with Gasteiger partial charge < -0.3 is 11.1 Å². The fraction of sp³-hybridized carbons (Fsp3) is 0.438. The van der Waals surface area contributed by atoms with Crippen LogP contribution in [0.3, 0.4) is 0 Å². The van der Waals surface area contributed by atoms with Crippen molar-refractivity contribution in [2.75, 3.05) is 11.1 Å². The maximum absolute atomic E-state index is 12.3. The zero-order valence-corrected chi connectivity index (χ0v) is 12.6. The standard InChI is InChI=1S/C16H22N4O/c1-3-5-6-11(4-2)16(21)20-14-10-8-12-7-9-13(17)18-15(12)19-14/h7-11H,3-6H2,1-2H3,(H3,17,18,19,20,21). The van der Waals surface area contributed by atoms with Gasteiger partial charge in [-0.2, -0.15) is 0 Å². The lowest BCUT2D eigenvalue weighted by atomic mass is 9.98. The molecule has 0 bridgehead atoms. The van der Waals surface area contributed by atoms with E-state index in [2.05, 4.69) is 22.2 Å². The molecule has 0 saturated heterocycles. The molecule has 1 atom stereocenters. The van der Waals surface area contributed by atoms with Gasteiger partial charge in [0.2, 0.25) is 5.91 Å². The van der Waals surface area contributed by atoms with E-state index in [0.29, 0.717) is 17.3 Å². The molecule has 0 aliphatic carbocycles. The molecule has 21 heavy (non-hydrogen) atoms. The van der Waals surface area contributed by atoms with Crippen molar-refractivity contribution < 1.29 is 4.79 Å². The summed E-state index contributed by atoms with van der Waals surface area (Å²) in [7, 11) is 0. The Morgan fingerprint density at radius 3 is 2.71 bits per heavy atom. The second-order valence-electron chi connectivity index (χ2n) is 5.22. The Bertz CT molecular complexity index is 627. The molecular weight excluding hydrogens is 264 g/mol. The van der Waals surface area contributed by atoms with Gasteiger partial charge in [0.25, 0.3) is 0 Å². The summed E-state index contributed by atoms with van der Waals surface area (Å²) in [5, 5.41) is 3.79. The van der Waals surface area contributed by atoms with Crippen LogP contribution >= 0.6 is 0 Å². The Morgan fingerprint density at radius 2 is 2.00 bits per heavy atom. The fourth-order valence-electron chi connectivity index (χ4n) is 2.28. The van der Waals surface area contributed by atoms with E-state index < -0.39 is 0 Å². The van der Waals surface area contributed by atoms with Gasteiger partial charge in [0.15, 0.2) is 5.65 Å². The number of anilines is 2. The van der Waals surface area contributed by atoms with E-state index in [9.17, 15) is 4.79 Å². The minimum absolute atomic E-state index is 0.0294. The number of aromatic nitrogens is 2. The maximum atomic E-state index is 12.3. The van der Waals surface area contributed by atoms with Crippen LogP contribution in [-0.2, 0) is 4.79 Å². The highest BCUT2D eigenvalue weighted by atomic mass is 16.1. The first-order valence-electron chi connectivity index (χ1n) is 7.48. The van der Waals surface area contributed by atoms with E-state index in [4.69, 9.17) is 5.73 Å². The predicted molar refractivity (Wildman–Crippen MR) is 85.9 cm³/mol. The molecule has 2 aromatic rings. The van der Waals surface area contributed by atoms with Crippen molar-refractivity contribution in [3.63, 3.8) is 0 Å². The number of hydrogen-bond acceptors (Lipinski definition) is 4. The topological polar surface area (TPSA) is 80.9 Å². The van der Waals surface area contributed by atoms with Gasteiger partial charge in [-0.15, -0.1) is 0 Å². The quantitative estimate of drug-likeness (QED) is 0.853. The molecule has 5 heteroatoms. The molecular formula is C16H22N4O. The van der Waals surface area contributed by atoms with Crippen molar-refractivity contribution in [2.24, 2.45) is 5.92 Å². The van der Waals surface area contributed by atoms with Crippen molar-refractivity contribution >= 4 is 28.6 Å². The Morgan fingerprint density at radius 1 is 1.24 bits per heavy atom. The number of carbonyl (C=O) groups excluding carboxylic acids is 1. The third-order valence-electron chi connectivity index (χ3n) is 3.59. The van der Waals surface area contributed by atoms with E-state index in [1.807, 2.05) is 19.1 Å². The number of hydrogen-bond donors (Lipinski definition) is 2. The molecule has 0 fully saturated rings. The zero-order valence-electron chi connectivity index (χ0n) is 12.6. The third-order valence-corrected chi connectivity index (χ3v) is 3.59. The number of pyridine rings is 2. The summed E-state index contributed by atoms with van der Waals surface area (Å²) >= 11 is 0. The Hall–Kier alpha value is -2.17. The van der Waals surface area contributed by atoms with Gasteiger partial charge in [-0.1, -0.05) is 26.7 Å². The Kier molecular flexibility index (Phi) is 5.09. The number of unbranched alkanes of at least 4 members (excludes halogenated alkanes) is 1. The van der Waals surface area contributed by atoms with Crippen LogP contribution in [0.2, 0.25) is 0 Å². The number of carbonyl (C=O) groups is 1. The minimum Gasteiger partial charge on any atom is -0.384 e. The molecule has 112 valence electrons. The van der Waals surface area contributed by atoms with Crippen molar-refractivity contribution in [2.45, 2.75) is 39.5 Å². The summed E-state index contributed by atoms with van der Waals surface area (Å²) in [6, 6.07) is 7.29. The number of fused-ring (bicyclic) bond motifs is 1. The molecule has 0 saturated carbocycles. The van der Waals surface area contributed by atoms with Crippen LogP contribution in [0.4, 0.5) is 11.6 Å². The molecule has 0 radical (unpaired) electrons. The first-order chi connectivity index (χ1) is 10.1. The van der Waals surface area contributed by atoms with Gasteiger partial charge in [-0.25, -0.2) is 9.97 Å². The Labute approximate surface area is 125 Å². The number of nitrogens with one attached hydrogen (secondary N) is 1. The lowest BCUT2D eigenvalue weighted by molar-refractivity contribution is -0.120. The number of amides is 1. The molecule has 1 unspecified atom stereocenters. The monoisotopic (exact) mass is 286 g/mol. The van der Waals surface area contributed by atoms with Gasteiger partial charge in [0, 0.05) is 11.3 Å². The van der Waals surface area contributed by atoms with Crippen molar-refractivity contribution in [3.8, 4) is 0 Å². The van der Waals surface area contributed by atoms with Gasteiger partial charge >= 0.3 is 0 Å². The van der Waals surface area contributed by atoms with Crippen LogP contribution in [0.1, 0.15) is 39.5 Å². The van der Waals surface area contributed by atoms with E-state index in [0.717, 1.165) is 31.1 Å². The lowest BCUT2D eigenvalue weighted by Crippen LogP contribution is -2.22. The summed E-state index contributed by atoms with van der Waals surface area (Å²) in [6.07, 6.45) is 3.92. The molecule has 5 nitrogen and oxygen atoms in total. The zero-order chi connectivity index (χ0) is 15.2. The third kappa shape index (κ3) is 3.90. The summed E-state index contributed by atoms with van der Waals surface area (Å²) in [5.41, 5.74) is 6.21. The normalized spacial score (nSPS) is 12.3. The van der Waals surface area contributed by atoms with Crippen LogP contribution < -0.4 is 11.1 Å². The maximum Gasteiger partial charge on any atom is 0.228 e. The molecule has 0 aliphatic rings. The number of rotatable bonds is 6. The first kappa shape index (κ1) is 15.2. The van der Waals surface area contributed by atoms with E-state index in [1.54, 1.807) is 12.1 Å².